The van der Waals surface area contributed by atoms with Gasteiger partial charge in [-0.3, -0.25) is 9.59 Å². The number of hydrogen-bond donors (Lipinski definition) is 1. The molecule has 0 rings (SSSR count). The Balaban J connectivity index is 3.55. The molecule has 80 heavy (non-hydrogen) atoms. The fraction of sp³-hybridized carbons (Fsp3) is 0.680. The first-order valence-corrected chi connectivity index (χ1v) is 33.7. The Morgan fingerprint density at radius 3 is 0.825 bits per heavy atom. The smallest absolute Gasteiger partial charge is 0.306 e. The van der Waals surface area contributed by atoms with Gasteiger partial charge in [0.1, 0.15) is 6.61 Å². The van der Waals surface area contributed by atoms with E-state index in [9.17, 15) is 14.7 Å². The summed E-state index contributed by atoms with van der Waals surface area (Å²) < 4.78 is 10.7. The number of ether oxygens (including phenoxy) is 2. The lowest BCUT2D eigenvalue weighted by atomic mass is 10.0. The zero-order chi connectivity index (χ0) is 57.6. The molecule has 0 saturated heterocycles. The zero-order valence-corrected chi connectivity index (χ0v) is 52.3. The lowest BCUT2D eigenvalue weighted by molar-refractivity contribution is -0.161. The standard InChI is InChI=1S/C75H126O5/c1-3-5-7-9-11-13-15-17-19-21-23-25-27-29-31-32-33-34-35-36-37-38-39-40-41-42-44-46-48-50-52-54-56-58-60-62-64-66-68-70-75(78)80-73(71-76)72-79-74(77)69-67-65-63-61-59-57-55-53-51-49-47-45-43-30-28-26-24-22-20-18-16-14-12-10-8-6-4-2/h5,7,11,13,17,19,22-25,29,31,33-34,36-37,39-40,42,44,48,50,73,76H,3-4,6,8-10,12,14-16,18,20-21,26-28,30,32,35,38,41,43,45-47,49,51-72H2,1-2H3/b7-5-,13-11-,19-17-,24-22-,25-23-,31-29-,34-33-,37-36-,40-39-,44-42-,50-48-. The lowest BCUT2D eigenvalue weighted by Crippen LogP contribution is -2.28. The van der Waals surface area contributed by atoms with Gasteiger partial charge in [0.25, 0.3) is 0 Å². The molecule has 1 atom stereocenters. The van der Waals surface area contributed by atoms with Crippen LogP contribution in [0.5, 0.6) is 0 Å². The van der Waals surface area contributed by atoms with Gasteiger partial charge in [-0.05, 0) is 116 Å². The van der Waals surface area contributed by atoms with Gasteiger partial charge in [0, 0.05) is 12.8 Å². The van der Waals surface area contributed by atoms with Crippen molar-refractivity contribution in [1.82, 2.24) is 0 Å². The van der Waals surface area contributed by atoms with Crippen molar-refractivity contribution in [3.63, 3.8) is 0 Å². The Morgan fingerprint density at radius 2 is 0.537 bits per heavy atom. The first kappa shape index (κ1) is 76.0. The second kappa shape index (κ2) is 69.3. The molecule has 0 radical (unpaired) electrons. The summed E-state index contributed by atoms with van der Waals surface area (Å²) in [7, 11) is 0. The first-order valence-electron chi connectivity index (χ1n) is 33.7. The van der Waals surface area contributed by atoms with Gasteiger partial charge in [-0.25, -0.2) is 0 Å². The van der Waals surface area contributed by atoms with Gasteiger partial charge in [-0.2, -0.15) is 0 Å². The van der Waals surface area contributed by atoms with E-state index in [1.54, 1.807) is 0 Å². The van der Waals surface area contributed by atoms with Crippen molar-refractivity contribution in [2.45, 2.75) is 315 Å². The number of allylic oxidation sites excluding steroid dienone is 22. The van der Waals surface area contributed by atoms with Crippen LogP contribution in [0.4, 0.5) is 0 Å². The molecular weight excluding hydrogens is 981 g/mol. The molecule has 0 spiro atoms. The van der Waals surface area contributed by atoms with E-state index in [0.717, 1.165) is 109 Å². The van der Waals surface area contributed by atoms with Crippen LogP contribution in [0.3, 0.4) is 0 Å². The summed E-state index contributed by atoms with van der Waals surface area (Å²) in [5.74, 6) is -0.597. The fourth-order valence-corrected chi connectivity index (χ4v) is 9.40. The molecule has 1 N–H and O–H groups in total. The second-order valence-electron chi connectivity index (χ2n) is 22.2. The third-order valence-electron chi connectivity index (χ3n) is 14.4. The monoisotopic (exact) mass is 1110 g/mol. The van der Waals surface area contributed by atoms with Crippen molar-refractivity contribution < 1.29 is 24.2 Å². The molecule has 1 unspecified atom stereocenters. The molecular formula is C75H126O5. The van der Waals surface area contributed by atoms with E-state index in [1.807, 2.05) is 0 Å². The van der Waals surface area contributed by atoms with Crippen LogP contribution < -0.4 is 0 Å². The van der Waals surface area contributed by atoms with E-state index in [-0.39, 0.29) is 25.2 Å². The van der Waals surface area contributed by atoms with Crippen LogP contribution in [-0.4, -0.2) is 36.4 Å². The third-order valence-corrected chi connectivity index (χ3v) is 14.4. The van der Waals surface area contributed by atoms with Gasteiger partial charge < -0.3 is 14.6 Å². The number of esters is 2. The molecule has 5 nitrogen and oxygen atoms in total. The minimum absolute atomic E-state index is 0.0736. The largest absolute Gasteiger partial charge is 0.462 e. The number of rotatable bonds is 61. The van der Waals surface area contributed by atoms with E-state index in [0.29, 0.717) is 12.8 Å². The van der Waals surface area contributed by atoms with Crippen molar-refractivity contribution >= 4 is 11.9 Å². The van der Waals surface area contributed by atoms with E-state index in [4.69, 9.17) is 9.47 Å². The number of carbonyl (C=O) groups is 2. The Labute approximate surface area is 496 Å². The molecule has 0 aliphatic carbocycles. The highest BCUT2D eigenvalue weighted by Gasteiger charge is 2.16. The van der Waals surface area contributed by atoms with Crippen LogP contribution in [-0.2, 0) is 19.1 Å². The normalized spacial score (nSPS) is 13.1. The van der Waals surface area contributed by atoms with Crippen molar-refractivity contribution in [3.8, 4) is 0 Å². The van der Waals surface area contributed by atoms with Gasteiger partial charge in [0.2, 0.25) is 0 Å². The molecule has 0 aromatic heterocycles. The lowest BCUT2D eigenvalue weighted by Gasteiger charge is -2.15. The summed E-state index contributed by atoms with van der Waals surface area (Å²) in [6.45, 7) is 4.04. The number of unbranched alkanes of at least 4 members (excludes halogenated alkanes) is 31. The summed E-state index contributed by atoms with van der Waals surface area (Å²) in [6, 6.07) is 0. The minimum Gasteiger partial charge on any atom is -0.462 e. The second-order valence-corrected chi connectivity index (χ2v) is 22.2. The van der Waals surface area contributed by atoms with E-state index in [1.165, 1.54) is 173 Å². The first-order chi connectivity index (χ1) is 39.6. The number of carbonyl (C=O) groups excluding carboxylic acids is 2. The highest BCUT2D eigenvalue weighted by molar-refractivity contribution is 5.70. The number of aliphatic hydroxyl groups is 1. The molecule has 0 heterocycles. The van der Waals surface area contributed by atoms with Crippen LogP contribution in [0.15, 0.2) is 134 Å². The van der Waals surface area contributed by atoms with Gasteiger partial charge >= 0.3 is 11.9 Å². The minimum atomic E-state index is -0.786. The molecule has 5 heteroatoms. The van der Waals surface area contributed by atoms with Crippen LogP contribution in [0.2, 0.25) is 0 Å². The summed E-state index contributed by atoms with van der Waals surface area (Å²) in [5, 5.41) is 9.69. The summed E-state index contributed by atoms with van der Waals surface area (Å²) in [6.07, 6.45) is 103. The molecule has 0 fully saturated rings. The predicted molar refractivity (Wildman–Crippen MR) is 352 cm³/mol. The predicted octanol–water partition coefficient (Wildman–Crippen LogP) is 23.5. The Bertz CT molecular complexity index is 1630. The summed E-state index contributed by atoms with van der Waals surface area (Å²) >= 11 is 0. The van der Waals surface area contributed by atoms with Crippen LogP contribution in [0.1, 0.15) is 309 Å². The highest BCUT2D eigenvalue weighted by Crippen LogP contribution is 2.16. The average Bonchev–Trinajstić information content (AvgIpc) is 3.46. The van der Waals surface area contributed by atoms with E-state index >= 15 is 0 Å². The molecule has 0 bridgehead atoms. The van der Waals surface area contributed by atoms with Crippen molar-refractivity contribution in [1.29, 1.82) is 0 Å². The zero-order valence-electron chi connectivity index (χ0n) is 52.3. The van der Waals surface area contributed by atoms with Crippen LogP contribution >= 0.6 is 0 Å². The van der Waals surface area contributed by atoms with E-state index in [2.05, 4.69) is 148 Å². The molecule has 0 aliphatic heterocycles. The molecule has 0 aliphatic rings. The Kier molecular flexibility index (Phi) is 65.9. The maximum Gasteiger partial charge on any atom is 0.306 e. The maximum atomic E-state index is 12.4. The third kappa shape index (κ3) is 66.6. The molecule has 0 amide bonds. The van der Waals surface area contributed by atoms with Gasteiger partial charge in [0.15, 0.2) is 6.10 Å². The number of aliphatic hydroxyl groups excluding tert-OH is 1. The van der Waals surface area contributed by atoms with Crippen molar-refractivity contribution in [2.75, 3.05) is 13.2 Å². The fourth-order valence-electron chi connectivity index (χ4n) is 9.40. The van der Waals surface area contributed by atoms with E-state index < -0.39 is 6.10 Å². The van der Waals surface area contributed by atoms with Crippen molar-refractivity contribution in [2.24, 2.45) is 0 Å². The summed E-state index contributed by atoms with van der Waals surface area (Å²) in [4.78, 5) is 24.6. The van der Waals surface area contributed by atoms with Gasteiger partial charge in [-0.1, -0.05) is 314 Å². The SMILES string of the molecule is CC/C=C\C/C=C\C/C=C\C/C=C\C/C=C\C/C=C\C/C=C\C/C=C\C/C=C\C/C=C\CCCCCCCCCCC(=O)OC(CO)COC(=O)CCCCCCCCCCCCCCCCC/C=C\CCCCCCCCCC. The highest BCUT2D eigenvalue weighted by atomic mass is 16.6. The Hall–Kier alpha value is -3.96. The maximum absolute atomic E-state index is 12.4. The molecule has 0 aromatic carbocycles. The quantitative estimate of drug-likeness (QED) is 0.0373. The Morgan fingerprint density at radius 1 is 0.300 bits per heavy atom. The summed E-state index contributed by atoms with van der Waals surface area (Å²) in [5.41, 5.74) is 0. The van der Waals surface area contributed by atoms with Crippen LogP contribution in [0, 0.1) is 0 Å². The van der Waals surface area contributed by atoms with Gasteiger partial charge in [-0.15, -0.1) is 0 Å². The van der Waals surface area contributed by atoms with Gasteiger partial charge in [0.05, 0.1) is 6.61 Å². The number of hydrogen-bond acceptors (Lipinski definition) is 5. The average molecular weight is 1110 g/mol. The molecule has 0 aromatic rings. The molecule has 0 saturated carbocycles. The topological polar surface area (TPSA) is 72.8 Å². The van der Waals surface area contributed by atoms with Crippen LogP contribution in [0.25, 0.3) is 0 Å². The molecule has 456 valence electrons. The van der Waals surface area contributed by atoms with Crippen molar-refractivity contribution in [3.05, 3.63) is 134 Å².